The van der Waals surface area contributed by atoms with Crippen LogP contribution in [0.2, 0.25) is 0 Å². The fourth-order valence-electron chi connectivity index (χ4n) is 2.62. The van der Waals surface area contributed by atoms with Crippen LogP contribution in [0.3, 0.4) is 0 Å². The van der Waals surface area contributed by atoms with Gasteiger partial charge in [-0.2, -0.15) is 5.26 Å². The van der Waals surface area contributed by atoms with Gasteiger partial charge in [0.25, 0.3) is 0 Å². The molecule has 1 unspecified atom stereocenters. The van der Waals surface area contributed by atoms with Crippen molar-refractivity contribution < 1.29 is 14.0 Å². The number of nitriles is 1. The zero-order valence-electron chi connectivity index (χ0n) is 14.0. The summed E-state index contributed by atoms with van der Waals surface area (Å²) >= 11 is 0. The lowest BCUT2D eigenvalue weighted by Crippen LogP contribution is -2.04. The zero-order chi connectivity index (χ0) is 16.8. The normalized spacial score (nSPS) is 11.8. The number of rotatable bonds is 7. The summed E-state index contributed by atoms with van der Waals surface area (Å²) in [7, 11) is 1.63. The molecule has 1 atom stereocenters. The second-order valence-electron chi connectivity index (χ2n) is 5.56. The fourth-order valence-corrected chi connectivity index (χ4v) is 2.62. The smallest absolute Gasteiger partial charge is 0.161 e. The number of aryl methyl sites for hydroxylation is 3. The maximum Gasteiger partial charge on any atom is 0.161 e. The van der Waals surface area contributed by atoms with Gasteiger partial charge in [0, 0.05) is 5.56 Å². The summed E-state index contributed by atoms with van der Waals surface area (Å²) in [6.45, 7) is 6.24. The first-order valence-electron chi connectivity index (χ1n) is 7.66. The highest BCUT2D eigenvalue weighted by molar-refractivity contribution is 5.42. The Kier molecular flexibility index (Phi) is 5.64. The van der Waals surface area contributed by atoms with Crippen molar-refractivity contribution in [3.8, 4) is 17.6 Å². The molecule has 0 saturated heterocycles. The summed E-state index contributed by atoms with van der Waals surface area (Å²) in [6, 6.07) is 8.17. The Hall–Kier alpha value is -2.48. The lowest BCUT2D eigenvalue weighted by atomic mass is 9.94. The van der Waals surface area contributed by atoms with Gasteiger partial charge in [-0.15, -0.1) is 0 Å². The van der Waals surface area contributed by atoms with Gasteiger partial charge in [-0.3, -0.25) is 0 Å². The highest BCUT2D eigenvalue weighted by Gasteiger charge is 2.19. The van der Waals surface area contributed by atoms with Crippen LogP contribution >= 0.6 is 0 Å². The minimum Gasteiger partial charge on any atom is -0.493 e. The summed E-state index contributed by atoms with van der Waals surface area (Å²) in [5, 5.41) is 13.3. The molecule has 2 rings (SSSR count). The van der Waals surface area contributed by atoms with Crippen molar-refractivity contribution >= 4 is 0 Å². The van der Waals surface area contributed by atoms with E-state index in [1.54, 1.807) is 7.11 Å². The third kappa shape index (κ3) is 4.04. The maximum absolute atomic E-state index is 9.40. The summed E-state index contributed by atoms with van der Waals surface area (Å²) in [6.07, 6.45) is 1.47. The van der Waals surface area contributed by atoms with Crippen molar-refractivity contribution in [2.75, 3.05) is 13.7 Å². The molecule has 23 heavy (non-hydrogen) atoms. The molecule has 0 spiro atoms. The first kappa shape index (κ1) is 16.9. The van der Waals surface area contributed by atoms with Gasteiger partial charge >= 0.3 is 0 Å². The minimum atomic E-state index is -0.218. The first-order valence-corrected chi connectivity index (χ1v) is 7.66. The van der Waals surface area contributed by atoms with Gasteiger partial charge in [-0.1, -0.05) is 11.2 Å². The van der Waals surface area contributed by atoms with Gasteiger partial charge in [0.05, 0.1) is 31.4 Å². The van der Waals surface area contributed by atoms with Crippen molar-refractivity contribution in [1.82, 2.24) is 5.16 Å². The SMILES string of the molecule is COc1cc(C)ccc1OCCCC(C#N)c1c(C)noc1C. The molecule has 0 bridgehead atoms. The van der Waals surface area contributed by atoms with Gasteiger partial charge < -0.3 is 14.0 Å². The summed E-state index contributed by atoms with van der Waals surface area (Å²) in [5.74, 6) is 1.96. The van der Waals surface area contributed by atoms with E-state index in [-0.39, 0.29) is 5.92 Å². The highest BCUT2D eigenvalue weighted by Crippen LogP contribution is 2.29. The number of hydrogen-bond donors (Lipinski definition) is 0. The molecule has 0 aliphatic carbocycles. The quantitative estimate of drug-likeness (QED) is 0.720. The topological polar surface area (TPSA) is 68.3 Å². The van der Waals surface area contributed by atoms with Crippen LogP contribution in [0.1, 0.15) is 41.3 Å². The minimum absolute atomic E-state index is 0.218. The van der Waals surface area contributed by atoms with E-state index in [1.807, 2.05) is 39.0 Å². The molecule has 0 fully saturated rings. The maximum atomic E-state index is 9.40. The predicted molar refractivity (Wildman–Crippen MR) is 86.8 cm³/mol. The van der Waals surface area contributed by atoms with Gasteiger partial charge in [0.15, 0.2) is 11.5 Å². The highest BCUT2D eigenvalue weighted by atomic mass is 16.5. The Balaban J connectivity index is 1.91. The van der Waals surface area contributed by atoms with Crippen molar-refractivity contribution in [3.63, 3.8) is 0 Å². The van der Waals surface area contributed by atoms with Crippen LogP contribution in [-0.2, 0) is 0 Å². The Labute approximate surface area is 136 Å². The van der Waals surface area contributed by atoms with Crippen molar-refractivity contribution in [2.45, 2.75) is 39.5 Å². The first-order chi connectivity index (χ1) is 11.1. The van der Waals surface area contributed by atoms with Crippen LogP contribution in [0.15, 0.2) is 22.7 Å². The second kappa shape index (κ2) is 7.68. The number of ether oxygens (including phenoxy) is 2. The number of aromatic nitrogens is 1. The summed E-state index contributed by atoms with van der Waals surface area (Å²) in [4.78, 5) is 0. The molecule has 0 N–H and O–H groups in total. The van der Waals surface area contributed by atoms with E-state index in [1.165, 1.54) is 0 Å². The molecule has 0 saturated carbocycles. The lowest BCUT2D eigenvalue weighted by molar-refractivity contribution is 0.284. The molecular formula is C18H22N2O3. The average Bonchev–Trinajstić information content (AvgIpc) is 2.88. The molecule has 0 aliphatic heterocycles. The van der Waals surface area contributed by atoms with Gasteiger partial charge in [0.2, 0.25) is 0 Å². The van der Waals surface area contributed by atoms with Crippen molar-refractivity contribution in [2.24, 2.45) is 0 Å². The number of benzene rings is 1. The van der Waals surface area contributed by atoms with E-state index in [0.29, 0.717) is 13.0 Å². The summed E-state index contributed by atoms with van der Waals surface area (Å²) < 4.78 is 16.2. The molecular weight excluding hydrogens is 292 g/mol. The van der Waals surface area contributed by atoms with Crippen LogP contribution in [0.5, 0.6) is 11.5 Å². The molecule has 1 aromatic heterocycles. The molecule has 1 aromatic carbocycles. The van der Waals surface area contributed by atoms with Gasteiger partial charge in [0.1, 0.15) is 5.76 Å². The van der Waals surface area contributed by atoms with E-state index < -0.39 is 0 Å². The van der Waals surface area contributed by atoms with E-state index in [0.717, 1.165) is 40.5 Å². The van der Waals surface area contributed by atoms with Crippen LogP contribution in [0.4, 0.5) is 0 Å². The molecule has 2 aromatic rings. The second-order valence-corrected chi connectivity index (χ2v) is 5.56. The Morgan fingerprint density at radius 1 is 1.26 bits per heavy atom. The van der Waals surface area contributed by atoms with Crippen molar-refractivity contribution in [3.05, 3.63) is 40.8 Å². The molecule has 122 valence electrons. The zero-order valence-corrected chi connectivity index (χ0v) is 14.0. The summed E-state index contributed by atoms with van der Waals surface area (Å²) in [5.41, 5.74) is 2.81. The van der Waals surface area contributed by atoms with Crippen LogP contribution in [-0.4, -0.2) is 18.9 Å². The molecule has 0 aliphatic rings. The molecule has 5 heteroatoms. The largest absolute Gasteiger partial charge is 0.493 e. The molecule has 0 amide bonds. The standard InChI is InChI=1S/C18H22N2O3/c1-12-7-8-16(17(10-12)21-4)22-9-5-6-15(11-19)18-13(2)20-23-14(18)3/h7-8,10,15H,5-6,9H2,1-4H3. The molecule has 0 radical (unpaired) electrons. The van der Waals surface area contributed by atoms with E-state index in [4.69, 9.17) is 14.0 Å². The van der Waals surface area contributed by atoms with Crippen LogP contribution < -0.4 is 9.47 Å². The third-order valence-corrected chi connectivity index (χ3v) is 3.81. The Morgan fingerprint density at radius 2 is 2.04 bits per heavy atom. The van der Waals surface area contributed by atoms with Gasteiger partial charge in [-0.25, -0.2) is 0 Å². The van der Waals surface area contributed by atoms with E-state index in [9.17, 15) is 5.26 Å². The van der Waals surface area contributed by atoms with Crippen LogP contribution in [0, 0.1) is 32.1 Å². The van der Waals surface area contributed by atoms with Gasteiger partial charge in [-0.05, 0) is 51.3 Å². The van der Waals surface area contributed by atoms with Crippen LogP contribution in [0.25, 0.3) is 0 Å². The molecule has 5 nitrogen and oxygen atoms in total. The number of nitrogens with zero attached hydrogens (tertiary/aromatic N) is 2. The number of methoxy groups -OCH3 is 1. The predicted octanol–water partition coefficient (Wildman–Crippen LogP) is 4.07. The Morgan fingerprint density at radius 3 is 2.65 bits per heavy atom. The Bertz CT molecular complexity index is 681. The lowest BCUT2D eigenvalue weighted by Gasteiger charge is -2.12. The van der Waals surface area contributed by atoms with E-state index in [2.05, 4.69) is 11.2 Å². The third-order valence-electron chi connectivity index (χ3n) is 3.81. The van der Waals surface area contributed by atoms with E-state index >= 15 is 0 Å². The fraction of sp³-hybridized carbons (Fsp3) is 0.444. The number of hydrogen-bond acceptors (Lipinski definition) is 5. The average molecular weight is 314 g/mol. The monoisotopic (exact) mass is 314 g/mol. The van der Waals surface area contributed by atoms with Crippen molar-refractivity contribution in [1.29, 1.82) is 5.26 Å². The molecule has 1 heterocycles.